The molecule has 0 spiro atoms. The Hall–Kier alpha value is -1.14. The maximum atomic E-state index is 12.4. The van der Waals surface area contributed by atoms with Crippen molar-refractivity contribution < 1.29 is 14.7 Å². The first kappa shape index (κ1) is 19.6. The van der Waals surface area contributed by atoms with Crippen molar-refractivity contribution in [2.75, 3.05) is 13.1 Å². The van der Waals surface area contributed by atoms with Gasteiger partial charge in [0.05, 0.1) is 12.6 Å². The van der Waals surface area contributed by atoms with Gasteiger partial charge in [-0.15, -0.1) is 0 Å². The third-order valence-electron chi connectivity index (χ3n) is 6.35. The first-order chi connectivity index (χ1) is 12.4. The summed E-state index contributed by atoms with van der Waals surface area (Å²) in [6.45, 7) is 4.06. The summed E-state index contributed by atoms with van der Waals surface area (Å²) in [6.07, 6.45) is 11.8. The van der Waals surface area contributed by atoms with Crippen LogP contribution in [0.2, 0.25) is 0 Å². The lowest BCUT2D eigenvalue weighted by atomic mass is 9.88. The Labute approximate surface area is 157 Å². The molecule has 2 saturated carbocycles. The molecule has 6 heteroatoms. The van der Waals surface area contributed by atoms with E-state index in [4.69, 9.17) is 0 Å². The van der Waals surface area contributed by atoms with Crippen LogP contribution < -0.4 is 5.32 Å². The van der Waals surface area contributed by atoms with Crippen LogP contribution in [0.4, 0.5) is 4.79 Å². The van der Waals surface area contributed by atoms with Gasteiger partial charge in [-0.3, -0.25) is 14.6 Å². The summed E-state index contributed by atoms with van der Waals surface area (Å²) in [4.78, 5) is 28.2. The van der Waals surface area contributed by atoms with E-state index in [1.807, 2.05) is 0 Å². The van der Waals surface area contributed by atoms with Crippen LogP contribution in [0.5, 0.6) is 0 Å². The lowest BCUT2D eigenvalue weighted by Gasteiger charge is -2.42. The van der Waals surface area contributed by atoms with Gasteiger partial charge in [-0.1, -0.05) is 38.5 Å². The van der Waals surface area contributed by atoms with Crippen molar-refractivity contribution in [2.24, 2.45) is 0 Å². The Morgan fingerprint density at radius 2 is 1.54 bits per heavy atom. The van der Waals surface area contributed by atoms with Crippen LogP contribution in [0, 0.1) is 0 Å². The maximum Gasteiger partial charge on any atom is 0.325 e. The van der Waals surface area contributed by atoms with Gasteiger partial charge in [0.25, 0.3) is 5.91 Å². The average molecular weight is 366 g/mol. The van der Waals surface area contributed by atoms with Crippen LogP contribution in [0.1, 0.15) is 78.1 Å². The van der Waals surface area contributed by atoms with Crippen molar-refractivity contribution in [3.8, 4) is 0 Å². The molecule has 0 aromatic heterocycles. The van der Waals surface area contributed by atoms with E-state index >= 15 is 0 Å². The van der Waals surface area contributed by atoms with Crippen LogP contribution in [-0.2, 0) is 4.79 Å². The number of carbonyl (C=O) groups is 2. The summed E-state index contributed by atoms with van der Waals surface area (Å²) < 4.78 is 0. The van der Waals surface area contributed by atoms with E-state index in [0.29, 0.717) is 18.6 Å². The Kier molecular flexibility index (Phi) is 6.23. The van der Waals surface area contributed by atoms with Crippen molar-refractivity contribution in [3.05, 3.63) is 0 Å². The highest BCUT2D eigenvalue weighted by molar-refractivity contribution is 6.06. The smallest absolute Gasteiger partial charge is 0.325 e. The minimum atomic E-state index is -0.872. The second-order valence-electron chi connectivity index (χ2n) is 8.91. The average Bonchev–Trinajstić information content (AvgIpc) is 2.83. The monoisotopic (exact) mass is 365 g/mol. The first-order valence-corrected chi connectivity index (χ1v) is 10.5. The Bertz CT molecular complexity index is 492. The van der Waals surface area contributed by atoms with Crippen molar-refractivity contribution in [3.63, 3.8) is 0 Å². The third-order valence-corrected chi connectivity index (χ3v) is 6.35. The van der Waals surface area contributed by atoms with E-state index in [-0.39, 0.29) is 18.5 Å². The third kappa shape index (κ3) is 4.39. The fourth-order valence-corrected chi connectivity index (χ4v) is 4.92. The predicted molar refractivity (Wildman–Crippen MR) is 101 cm³/mol. The molecule has 1 unspecified atom stereocenters. The molecule has 3 amide bonds. The fourth-order valence-electron chi connectivity index (χ4n) is 4.92. The molecule has 1 atom stereocenters. The minimum absolute atomic E-state index is 0.0873. The van der Waals surface area contributed by atoms with Crippen LogP contribution in [-0.4, -0.2) is 63.7 Å². The van der Waals surface area contributed by atoms with Gasteiger partial charge in [0.15, 0.2) is 0 Å². The van der Waals surface area contributed by atoms with Crippen molar-refractivity contribution >= 4 is 11.9 Å². The van der Waals surface area contributed by atoms with E-state index < -0.39 is 11.6 Å². The highest BCUT2D eigenvalue weighted by Gasteiger charge is 2.45. The van der Waals surface area contributed by atoms with Gasteiger partial charge in [0, 0.05) is 18.6 Å². The molecule has 3 rings (SSSR count). The van der Waals surface area contributed by atoms with Gasteiger partial charge < -0.3 is 10.4 Å². The van der Waals surface area contributed by atoms with E-state index in [9.17, 15) is 14.7 Å². The number of carbonyl (C=O) groups excluding carboxylic acids is 2. The molecule has 148 valence electrons. The van der Waals surface area contributed by atoms with E-state index in [1.54, 1.807) is 13.8 Å². The van der Waals surface area contributed by atoms with Gasteiger partial charge >= 0.3 is 6.03 Å². The van der Waals surface area contributed by atoms with Gasteiger partial charge in [-0.05, 0) is 39.5 Å². The number of amides is 3. The number of aliphatic hydroxyl groups excluding tert-OH is 1. The van der Waals surface area contributed by atoms with Crippen LogP contribution in [0.15, 0.2) is 0 Å². The lowest BCUT2D eigenvalue weighted by Crippen LogP contribution is -2.51. The predicted octanol–water partition coefficient (Wildman–Crippen LogP) is 2.65. The number of urea groups is 1. The SMILES string of the molecule is CC1(C)NC(=O)N(CC(O)CN(C2CCCCC2)C2CCCCC2)C1=O. The molecule has 3 fully saturated rings. The second kappa shape index (κ2) is 8.26. The molecule has 2 N–H and O–H groups in total. The number of β-amino-alcohol motifs (C(OH)–C–C–N with tert-alkyl or cyclic N) is 1. The van der Waals surface area contributed by atoms with Crippen molar-refractivity contribution in [1.82, 2.24) is 15.1 Å². The number of rotatable bonds is 6. The van der Waals surface area contributed by atoms with Gasteiger partial charge in [0.1, 0.15) is 5.54 Å². The number of imide groups is 1. The van der Waals surface area contributed by atoms with Crippen molar-refractivity contribution in [1.29, 1.82) is 0 Å². The van der Waals surface area contributed by atoms with E-state index in [1.165, 1.54) is 69.1 Å². The molecule has 0 aromatic carbocycles. The fraction of sp³-hybridized carbons (Fsp3) is 0.900. The van der Waals surface area contributed by atoms with Crippen LogP contribution >= 0.6 is 0 Å². The van der Waals surface area contributed by atoms with Crippen molar-refractivity contribution in [2.45, 2.75) is 102 Å². The standard InChI is InChI=1S/C20H35N3O3/c1-20(2)18(25)23(19(26)21-20)14-17(24)13-22(15-9-5-3-6-10-15)16-11-7-4-8-12-16/h15-17,24H,3-14H2,1-2H3,(H,21,26). The molecule has 1 heterocycles. The number of hydrogen-bond donors (Lipinski definition) is 2. The molecule has 26 heavy (non-hydrogen) atoms. The minimum Gasteiger partial charge on any atom is -0.390 e. The lowest BCUT2D eigenvalue weighted by molar-refractivity contribution is -0.131. The molecule has 0 radical (unpaired) electrons. The molecule has 3 aliphatic rings. The molecular weight excluding hydrogens is 330 g/mol. The zero-order valence-electron chi connectivity index (χ0n) is 16.4. The number of nitrogens with zero attached hydrogens (tertiary/aromatic N) is 2. The second-order valence-corrected chi connectivity index (χ2v) is 8.91. The van der Waals surface area contributed by atoms with Gasteiger partial charge in [0.2, 0.25) is 0 Å². The molecular formula is C20H35N3O3. The number of hydrogen-bond acceptors (Lipinski definition) is 4. The maximum absolute atomic E-state index is 12.4. The van der Waals surface area contributed by atoms with E-state index in [0.717, 1.165) is 0 Å². The molecule has 2 aliphatic carbocycles. The molecule has 0 aromatic rings. The number of nitrogens with one attached hydrogen (secondary N) is 1. The van der Waals surface area contributed by atoms with Crippen LogP contribution in [0.25, 0.3) is 0 Å². The molecule has 1 aliphatic heterocycles. The Morgan fingerprint density at radius 3 is 1.96 bits per heavy atom. The molecule has 0 bridgehead atoms. The highest BCUT2D eigenvalue weighted by atomic mass is 16.3. The van der Waals surface area contributed by atoms with Gasteiger partial charge in [-0.25, -0.2) is 4.79 Å². The summed E-state index contributed by atoms with van der Waals surface area (Å²) in [7, 11) is 0. The Balaban J connectivity index is 1.63. The summed E-state index contributed by atoms with van der Waals surface area (Å²) in [6, 6.07) is 0.697. The van der Waals surface area contributed by atoms with Crippen LogP contribution in [0.3, 0.4) is 0 Å². The zero-order chi connectivity index (χ0) is 18.7. The first-order valence-electron chi connectivity index (χ1n) is 10.5. The summed E-state index contributed by atoms with van der Waals surface area (Å²) >= 11 is 0. The van der Waals surface area contributed by atoms with E-state index in [2.05, 4.69) is 10.2 Å². The largest absolute Gasteiger partial charge is 0.390 e. The zero-order valence-corrected chi connectivity index (χ0v) is 16.4. The Morgan fingerprint density at radius 1 is 1.04 bits per heavy atom. The van der Waals surface area contributed by atoms with Gasteiger partial charge in [-0.2, -0.15) is 0 Å². The summed E-state index contributed by atoms with van der Waals surface area (Å²) in [5.41, 5.74) is -0.872. The molecule has 1 saturated heterocycles. The quantitative estimate of drug-likeness (QED) is 0.710. The normalized spacial score (nSPS) is 26.4. The summed E-state index contributed by atoms with van der Waals surface area (Å²) in [5.74, 6) is -0.247. The topological polar surface area (TPSA) is 72.9 Å². The highest BCUT2D eigenvalue weighted by Crippen LogP contribution is 2.30. The number of aliphatic hydroxyl groups is 1. The molecule has 6 nitrogen and oxygen atoms in total. The summed E-state index contributed by atoms with van der Waals surface area (Å²) in [5, 5.41) is 13.4.